The number of imidazole rings is 1. The number of rotatable bonds is 5. The van der Waals surface area contributed by atoms with Gasteiger partial charge in [0, 0.05) is 26.7 Å². The Balaban J connectivity index is 1.79. The average molecular weight is 356 g/mol. The third-order valence-electron chi connectivity index (χ3n) is 4.25. The van der Waals surface area contributed by atoms with E-state index in [-0.39, 0.29) is 30.3 Å². The Hall–Kier alpha value is -3.20. The summed E-state index contributed by atoms with van der Waals surface area (Å²) in [5, 5.41) is 2.67. The standard InChI is InChI=1S/C17H20N6O3/c1-21-10-20-15-14(21)16(25)23(17(26)22(15)2)9-13(24)19-8-12(18)11-6-4-3-5-7-11/h3-7,10,12H,8-9,18H2,1-2H3,(H,19,24). The summed E-state index contributed by atoms with van der Waals surface area (Å²) in [4.78, 5) is 41.2. The molecule has 0 fully saturated rings. The van der Waals surface area contributed by atoms with E-state index in [9.17, 15) is 14.4 Å². The molecule has 0 saturated carbocycles. The van der Waals surface area contributed by atoms with E-state index in [4.69, 9.17) is 5.73 Å². The van der Waals surface area contributed by atoms with Gasteiger partial charge < -0.3 is 15.6 Å². The number of nitrogens with two attached hydrogens (primary N) is 1. The molecule has 0 radical (unpaired) electrons. The first-order valence-corrected chi connectivity index (χ1v) is 8.08. The molecule has 2 heterocycles. The van der Waals surface area contributed by atoms with Crippen LogP contribution < -0.4 is 22.3 Å². The Morgan fingerprint density at radius 2 is 1.92 bits per heavy atom. The maximum absolute atomic E-state index is 12.6. The molecular weight excluding hydrogens is 336 g/mol. The van der Waals surface area contributed by atoms with Crippen LogP contribution in [-0.4, -0.2) is 31.1 Å². The van der Waals surface area contributed by atoms with E-state index >= 15 is 0 Å². The van der Waals surface area contributed by atoms with Gasteiger partial charge in [-0.3, -0.25) is 14.2 Å². The van der Waals surface area contributed by atoms with Gasteiger partial charge in [0.2, 0.25) is 5.91 Å². The highest BCUT2D eigenvalue weighted by Crippen LogP contribution is 2.07. The Bertz CT molecular complexity index is 1060. The number of benzene rings is 1. The number of aromatic nitrogens is 4. The van der Waals surface area contributed by atoms with Crippen LogP contribution >= 0.6 is 0 Å². The molecule has 26 heavy (non-hydrogen) atoms. The van der Waals surface area contributed by atoms with Crippen LogP contribution in [-0.2, 0) is 25.4 Å². The summed E-state index contributed by atoms with van der Waals surface area (Å²) in [6, 6.07) is 8.97. The Labute approximate surface area is 148 Å². The number of aryl methyl sites for hydroxylation is 2. The number of carbonyl (C=O) groups excluding carboxylic acids is 1. The van der Waals surface area contributed by atoms with Crippen LogP contribution in [0.2, 0.25) is 0 Å². The number of nitrogens with one attached hydrogen (secondary N) is 1. The molecule has 136 valence electrons. The smallest absolute Gasteiger partial charge is 0.332 e. The third kappa shape index (κ3) is 3.16. The predicted molar refractivity (Wildman–Crippen MR) is 96.6 cm³/mol. The molecule has 1 aromatic carbocycles. The zero-order chi connectivity index (χ0) is 18.8. The fraction of sp³-hybridized carbons (Fsp3) is 0.294. The molecule has 9 heteroatoms. The van der Waals surface area contributed by atoms with E-state index in [1.807, 2.05) is 30.3 Å². The molecule has 3 aromatic rings. The third-order valence-corrected chi connectivity index (χ3v) is 4.25. The van der Waals surface area contributed by atoms with E-state index < -0.39 is 17.2 Å². The molecule has 0 aliphatic heterocycles. The fourth-order valence-corrected chi connectivity index (χ4v) is 2.78. The van der Waals surface area contributed by atoms with Gasteiger partial charge in [-0.15, -0.1) is 0 Å². The van der Waals surface area contributed by atoms with Crippen LogP contribution in [0.15, 0.2) is 46.2 Å². The van der Waals surface area contributed by atoms with Gasteiger partial charge in [0.05, 0.1) is 6.33 Å². The summed E-state index contributed by atoms with van der Waals surface area (Å²) in [5.74, 6) is -0.461. The zero-order valence-electron chi connectivity index (χ0n) is 14.5. The van der Waals surface area contributed by atoms with Gasteiger partial charge in [0.1, 0.15) is 6.54 Å². The molecule has 1 amide bonds. The van der Waals surface area contributed by atoms with Crippen molar-refractivity contribution in [1.29, 1.82) is 0 Å². The lowest BCUT2D eigenvalue weighted by Crippen LogP contribution is -2.44. The van der Waals surface area contributed by atoms with Crippen LogP contribution in [0.25, 0.3) is 11.2 Å². The van der Waals surface area contributed by atoms with Crippen LogP contribution in [0.3, 0.4) is 0 Å². The van der Waals surface area contributed by atoms with Gasteiger partial charge in [-0.2, -0.15) is 0 Å². The van der Waals surface area contributed by atoms with Crippen molar-refractivity contribution in [3.8, 4) is 0 Å². The van der Waals surface area contributed by atoms with Crippen LogP contribution in [0.1, 0.15) is 11.6 Å². The fourth-order valence-electron chi connectivity index (χ4n) is 2.78. The van der Waals surface area contributed by atoms with E-state index in [0.717, 1.165) is 10.1 Å². The molecule has 0 spiro atoms. The Kier molecular flexibility index (Phi) is 4.72. The molecule has 3 N–H and O–H groups in total. The van der Waals surface area contributed by atoms with Gasteiger partial charge in [-0.1, -0.05) is 30.3 Å². The number of carbonyl (C=O) groups is 1. The van der Waals surface area contributed by atoms with E-state index in [1.165, 1.54) is 22.5 Å². The number of hydrogen-bond donors (Lipinski definition) is 2. The lowest BCUT2D eigenvalue weighted by molar-refractivity contribution is -0.121. The maximum atomic E-state index is 12.6. The number of fused-ring (bicyclic) bond motifs is 1. The molecule has 2 aromatic heterocycles. The highest BCUT2D eigenvalue weighted by atomic mass is 16.2. The number of hydrogen-bond acceptors (Lipinski definition) is 5. The van der Waals surface area contributed by atoms with Crippen molar-refractivity contribution in [2.24, 2.45) is 19.8 Å². The van der Waals surface area contributed by atoms with Gasteiger partial charge in [-0.25, -0.2) is 14.3 Å². The van der Waals surface area contributed by atoms with Gasteiger partial charge in [0.25, 0.3) is 5.56 Å². The summed E-state index contributed by atoms with van der Waals surface area (Å²) in [7, 11) is 3.17. The summed E-state index contributed by atoms with van der Waals surface area (Å²) >= 11 is 0. The largest absolute Gasteiger partial charge is 0.353 e. The molecule has 1 atom stereocenters. The van der Waals surface area contributed by atoms with Crippen molar-refractivity contribution < 1.29 is 4.79 Å². The molecule has 1 unspecified atom stereocenters. The molecule has 0 saturated heterocycles. The lowest BCUT2D eigenvalue weighted by Gasteiger charge is -2.14. The first kappa shape index (κ1) is 17.6. The van der Waals surface area contributed by atoms with Crippen LogP contribution in [0, 0.1) is 0 Å². The van der Waals surface area contributed by atoms with Gasteiger partial charge in [-0.05, 0) is 5.56 Å². The second kappa shape index (κ2) is 6.96. The van der Waals surface area contributed by atoms with E-state index in [0.29, 0.717) is 0 Å². The Morgan fingerprint density at radius 1 is 1.23 bits per heavy atom. The monoisotopic (exact) mass is 356 g/mol. The number of amides is 1. The first-order valence-electron chi connectivity index (χ1n) is 8.08. The quantitative estimate of drug-likeness (QED) is 0.624. The summed E-state index contributed by atoms with van der Waals surface area (Å²) in [5.41, 5.74) is 6.33. The minimum atomic E-state index is -0.594. The van der Waals surface area contributed by atoms with E-state index in [2.05, 4.69) is 10.3 Å². The normalized spacial score (nSPS) is 12.3. The molecule has 0 aliphatic rings. The topological polar surface area (TPSA) is 117 Å². The predicted octanol–water partition coefficient (Wildman–Crippen LogP) is -0.750. The summed E-state index contributed by atoms with van der Waals surface area (Å²) < 4.78 is 3.67. The van der Waals surface area contributed by atoms with Crippen molar-refractivity contribution in [1.82, 2.24) is 24.0 Å². The second-order valence-corrected chi connectivity index (χ2v) is 6.08. The van der Waals surface area contributed by atoms with Crippen molar-refractivity contribution in [3.05, 3.63) is 63.1 Å². The molecule has 3 rings (SSSR count). The van der Waals surface area contributed by atoms with Crippen LogP contribution in [0.4, 0.5) is 0 Å². The molecule has 0 aliphatic carbocycles. The van der Waals surface area contributed by atoms with Crippen molar-refractivity contribution in [3.63, 3.8) is 0 Å². The second-order valence-electron chi connectivity index (χ2n) is 6.08. The van der Waals surface area contributed by atoms with Crippen LogP contribution in [0.5, 0.6) is 0 Å². The van der Waals surface area contributed by atoms with Gasteiger partial charge >= 0.3 is 5.69 Å². The zero-order valence-corrected chi connectivity index (χ0v) is 14.5. The minimum Gasteiger partial charge on any atom is -0.353 e. The average Bonchev–Trinajstić information content (AvgIpc) is 3.04. The first-order chi connectivity index (χ1) is 12.4. The summed E-state index contributed by atoms with van der Waals surface area (Å²) in [6.45, 7) is -0.181. The molecule has 9 nitrogen and oxygen atoms in total. The molecular formula is C17H20N6O3. The minimum absolute atomic E-state index is 0.200. The van der Waals surface area contributed by atoms with Gasteiger partial charge in [0.15, 0.2) is 11.2 Å². The Morgan fingerprint density at radius 3 is 2.62 bits per heavy atom. The highest BCUT2D eigenvalue weighted by Gasteiger charge is 2.17. The van der Waals surface area contributed by atoms with Crippen molar-refractivity contribution >= 4 is 17.1 Å². The summed E-state index contributed by atoms with van der Waals surface area (Å²) in [6.07, 6.45) is 1.45. The highest BCUT2D eigenvalue weighted by molar-refractivity contribution is 5.76. The molecule has 0 bridgehead atoms. The number of nitrogens with zero attached hydrogens (tertiary/aromatic N) is 4. The lowest BCUT2D eigenvalue weighted by atomic mass is 10.1. The van der Waals surface area contributed by atoms with E-state index in [1.54, 1.807) is 7.05 Å². The van der Waals surface area contributed by atoms with Crippen molar-refractivity contribution in [2.75, 3.05) is 6.54 Å². The maximum Gasteiger partial charge on any atom is 0.332 e. The SMILES string of the molecule is Cn1cnc2c1c(=O)n(CC(=O)NCC(N)c1ccccc1)c(=O)n2C. The van der Waals surface area contributed by atoms with Crippen molar-refractivity contribution in [2.45, 2.75) is 12.6 Å².